The van der Waals surface area contributed by atoms with E-state index >= 15 is 0 Å². The number of nitrogens with zero attached hydrogens (tertiary/aromatic N) is 1. The molecule has 5 rings (SSSR count). The van der Waals surface area contributed by atoms with Gasteiger partial charge in [-0.15, -0.1) is 12.4 Å². The minimum atomic E-state index is 0. The summed E-state index contributed by atoms with van der Waals surface area (Å²) in [6, 6.07) is 15.5. The highest BCUT2D eigenvalue weighted by molar-refractivity contribution is 9.10. The summed E-state index contributed by atoms with van der Waals surface area (Å²) in [5, 5.41) is 1.29. The van der Waals surface area contributed by atoms with E-state index in [0.29, 0.717) is 30.5 Å². The second-order valence-electron chi connectivity index (χ2n) is 11.9. The Bertz CT molecular complexity index is 1210. The van der Waals surface area contributed by atoms with Crippen molar-refractivity contribution in [3.63, 3.8) is 0 Å². The molecule has 2 aliphatic rings. The fraction of sp³-hybridized carbons (Fsp3) is 0.545. The summed E-state index contributed by atoms with van der Waals surface area (Å²) in [4.78, 5) is 13.6. The third-order valence-corrected chi connectivity index (χ3v) is 9.61. The molecule has 1 atom stereocenters. The molecule has 3 aromatic rings. The zero-order chi connectivity index (χ0) is 25.8. The molecule has 0 aliphatic heterocycles. The molecule has 1 heterocycles. The summed E-state index contributed by atoms with van der Waals surface area (Å²) in [6.07, 6.45) is 15.1. The van der Waals surface area contributed by atoms with Crippen LogP contribution in [0.25, 0.3) is 10.9 Å². The number of carbonyl (C=O) groups excluding carboxylic acids is 1. The maximum Gasteiger partial charge on any atom is 0.134 e. The minimum Gasteiger partial charge on any atom is -0.347 e. The van der Waals surface area contributed by atoms with Crippen molar-refractivity contribution in [3.05, 3.63) is 69.8 Å². The highest BCUT2D eigenvalue weighted by atomic mass is 79.9. The Balaban J connectivity index is 0.00000336. The molecule has 38 heavy (non-hydrogen) atoms. The summed E-state index contributed by atoms with van der Waals surface area (Å²) in [5.74, 6) is 2.42. The van der Waals surface area contributed by atoms with Gasteiger partial charge in [0.25, 0.3) is 0 Å². The van der Waals surface area contributed by atoms with Gasteiger partial charge in [-0.25, -0.2) is 0 Å². The van der Waals surface area contributed by atoms with E-state index in [1.54, 1.807) is 0 Å². The Kier molecular flexibility index (Phi) is 10.5. The third-order valence-electron chi connectivity index (χ3n) is 9.12. The number of nitrogens with two attached hydrogens (primary N) is 1. The summed E-state index contributed by atoms with van der Waals surface area (Å²) < 4.78 is 3.59. The summed E-state index contributed by atoms with van der Waals surface area (Å²) in [5.41, 5.74) is 11.0. The Morgan fingerprint density at radius 2 is 1.71 bits per heavy atom. The number of fused-ring (bicyclic) bond motifs is 1. The first-order chi connectivity index (χ1) is 18.0. The highest BCUT2D eigenvalue weighted by Crippen LogP contribution is 2.39. The van der Waals surface area contributed by atoms with Crippen molar-refractivity contribution in [2.24, 2.45) is 23.5 Å². The Hall–Kier alpha value is -1.62. The largest absolute Gasteiger partial charge is 0.347 e. The van der Waals surface area contributed by atoms with Crippen LogP contribution in [0.3, 0.4) is 0 Å². The zero-order valence-corrected chi connectivity index (χ0v) is 25.2. The Morgan fingerprint density at radius 1 is 0.974 bits per heavy atom. The average molecular weight is 600 g/mol. The van der Waals surface area contributed by atoms with Crippen molar-refractivity contribution >= 4 is 45.0 Å². The molecule has 206 valence electrons. The second kappa shape index (κ2) is 13.6. The Morgan fingerprint density at radius 3 is 2.42 bits per heavy atom. The number of hydrogen-bond donors (Lipinski definition) is 1. The van der Waals surface area contributed by atoms with Crippen LogP contribution in [0.15, 0.2) is 53.1 Å². The lowest BCUT2D eigenvalue weighted by Gasteiger charge is -2.27. The maximum atomic E-state index is 13.6. The van der Waals surface area contributed by atoms with Gasteiger partial charge in [-0.1, -0.05) is 65.0 Å². The van der Waals surface area contributed by atoms with E-state index in [9.17, 15) is 4.79 Å². The molecular formula is C33H44BrClN2O. The van der Waals surface area contributed by atoms with Crippen LogP contribution in [-0.2, 0) is 11.3 Å². The summed E-state index contributed by atoms with van der Waals surface area (Å²) in [7, 11) is 0. The molecule has 2 saturated carbocycles. The fourth-order valence-electron chi connectivity index (χ4n) is 6.97. The van der Waals surface area contributed by atoms with Crippen molar-refractivity contribution in [3.8, 4) is 0 Å². The van der Waals surface area contributed by atoms with E-state index in [4.69, 9.17) is 5.73 Å². The zero-order valence-electron chi connectivity index (χ0n) is 22.8. The quantitative estimate of drug-likeness (QED) is 0.267. The lowest BCUT2D eigenvalue weighted by molar-refractivity contribution is -0.120. The topological polar surface area (TPSA) is 48.0 Å². The van der Waals surface area contributed by atoms with Gasteiger partial charge < -0.3 is 10.3 Å². The average Bonchev–Trinajstić information content (AvgIpc) is 3.25. The summed E-state index contributed by atoms with van der Waals surface area (Å²) in [6.45, 7) is 4.02. The molecule has 2 aliphatic carbocycles. The van der Waals surface area contributed by atoms with Gasteiger partial charge in [0.05, 0.1) is 0 Å². The number of Topliss-reactive ketones (excluding diaryl/α,β-unsaturated/α-hetero) is 1. The van der Waals surface area contributed by atoms with Crippen molar-refractivity contribution in [2.75, 3.05) is 6.54 Å². The molecular weight excluding hydrogens is 556 g/mol. The SMILES string of the molecule is Cc1cccc(C(CC(=O)CC2CCC(CN)CC2)c2cn(CC3CCCCC3)c3ccc(Br)cc23)c1.Cl. The number of carbonyl (C=O) groups is 1. The van der Waals surface area contributed by atoms with Gasteiger partial charge in [-0.05, 0) is 99.1 Å². The van der Waals surface area contributed by atoms with Gasteiger partial charge in [0.1, 0.15) is 5.78 Å². The van der Waals surface area contributed by atoms with E-state index in [1.807, 2.05) is 0 Å². The maximum absolute atomic E-state index is 13.6. The van der Waals surface area contributed by atoms with E-state index in [-0.39, 0.29) is 18.3 Å². The van der Waals surface area contributed by atoms with E-state index in [0.717, 1.165) is 36.3 Å². The highest BCUT2D eigenvalue weighted by Gasteiger charge is 2.27. The lowest BCUT2D eigenvalue weighted by atomic mass is 9.78. The lowest BCUT2D eigenvalue weighted by Crippen LogP contribution is -2.23. The fourth-order valence-corrected chi connectivity index (χ4v) is 7.33. The van der Waals surface area contributed by atoms with Gasteiger partial charge in [0.15, 0.2) is 0 Å². The Labute approximate surface area is 243 Å². The van der Waals surface area contributed by atoms with Crippen LogP contribution in [0.5, 0.6) is 0 Å². The smallest absolute Gasteiger partial charge is 0.134 e. The van der Waals surface area contributed by atoms with Gasteiger partial charge in [-0.2, -0.15) is 0 Å². The molecule has 0 radical (unpaired) electrons. The predicted molar refractivity (Wildman–Crippen MR) is 165 cm³/mol. The number of benzene rings is 2. The molecule has 2 fully saturated rings. The predicted octanol–water partition coefficient (Wildman–Crippen LogP) is 8.96. The van der Waals surface area contributed by atoms with E-state index < -0.39 is 0 Å². The van der Waals surface area contributed by atoms with Gasteiger partial charge in [0, 0.05) is 46.9 Å². The molecule has 0 saturated heterocycles. The van der Waals surface area contributed by atoms with Crippen LogP contribution in [0.4, 0.5) is 0 Å². The number of ketones is 1. The van der Waals surface area contributed by atoms with Crippen molar-refractivity contribution in [1.29, 1.82) is 0 Å². The van der Waals surface area contributed by atoms with Gasteiger partial charge >= 0.3 is 0 Å². The van der Waals surface area contributed by atoms with Crippen LogP contribution in [0.2, 0.25) is 0 Å². The second-order valence-corrected chi connectivity index (χ2v) is 12.9. The third kappa shape index (κ3) is 7.11. The number of halogens is 2. The molecule has 1 aromatic heterocycles. The van der Waals surface area contributed by atoms with Crippen LogP contribution in [0, 0.1) is 24.7 Å². The number of rotatable bonds is 9. The van der Waals surface area contributed by atoms with Crippen LogP contribution in [-0.4, -0.2) is 16.9 Å². The van der Waals surface area contributed by atoms with Crippen molar-refractivity contribution < 1.29 is 4.79 Å². The molecule has 0 amide bonds. The molecule has 0 bridgehead atoms. The molecule has 0 spiro atoms. The number of hydrogen-bond acceptors (Lipinski definition) is 2. The van der Waals surface area contributed by atoms with Gasteiger partial charge in [0.2, 0.25) is 0 Å². The first-order valence-corrected chi connectivity index (χ1v) is 15.4. The van der Waals surface area contributed by atoms with E-state index in [2.05, 4.69) is 76.1 Å². The van der Waals surface area contributed by atoms with Crippen molar-refractivity contribution in [2.45, 2.75) is 90.0 Å². The van der Waals surface area contributed by atoms with Crippen LogP contribution in [0.1, 0.15) is 93.2 Å². The first-order valence-electron chi connectivity index (χ1n) is 14.6. The minimum absolute atomic E-state index is 0. The van der Waals surface area contributed by atoms with Gasteiger partial charge in [-0.3, -0.25) is 4.79 Å². The first kappa shape index (κ1) is 29.4. The van der Waals surface area contributed by atoms with Crippen molar-refractivity contribution in [1.82, 2.24) is 4.57 Å². The molecule has 2 aromatic carbocycles. The van der Waals surface area contributed by atoms with Crippen LogP contribution >= 0.6 is 28.3 Å². The molecule has 5 heteroatoms. The standard InChI is InChI=1S/C33H43BrN2O.ClH/c1-23-6-5-9-27(16-23)30(19-29(37)17-24-10-12-25(20-35)13-11-24)32-22-36(21-26-7-3-2-4-8-26)33-15-14-28(34)18-31(32)33;/h5-6,9,14-16,18,22,24-26,30H,2-4,7-8,10-13,17,19-21,35H2,1H3;1H. The molecule has 3 nitrogen and oxygen atoms in total. The number of aryl methyl sites for hydroxylation is 1. The monoisotopic (exact) mass is 598 g/mol. The molecule has 2 N–H and O–H groups in total. The van der Waals surface area contributed by atoms with Crippen LogP contribution < -0.4 is 5.73 Å². The normalized spacial score (nSPS) is 21.2. The number of aromatic nitrogens is 1. The molecule has 1 unspecified atom stereocenters. The van der Waals surface area contributed by atoms with E-state index in [1.165, 1.54) is 72.5 Å². The summed E-state index contributed by atoms with van der Waals surface area (Å²) >= 11 is 3.73.